The standard InChI is InChI=1S/C17H19ClO5S/c1-4-10-14(24(3,22)23)6-5-11(16(10)18)17(21)15-12(19)7-9(2)8-13(15)20/h5-6,9,21H,4,7-8H2,1-3H3. The molecule has 1 aliphatic carbocycles. The number of rotatable bonds is 3. The molecule has 0 spiro atoms. The number of benzene rings is 1. The van der Waals surface area contributed by atoms with E-state index in [1.54, 1.807) is 13.8 Å². The summed E-state index contributed by atoms with van der Waals surface area (Å²) in [6.07, 6.45) is 1.78. The molecule has 0 atom stereocenters. The molecule has 2 rings (SSSR count). The molecule has 1 aromatic carbocycles. The second-order valence-corrected chi connectivity index (χ2v) is 8.48. The molecule has 0 amide bonds. The van der Waals surface area contributed by atoms with Crippen LogP contribution in [0.5, 0.6) is 0 Å². The van der Waals surface area contributed by atoms with E-state index in [9.17, 15) is 23.1 Å². The first kappa shape index (κ1) is 18.7. The van der Waals surface area contributed by atoms with Crippen molar-refractivity contribution < 1.29 is 23.1 Å². The maximum Gasteiger partial charge on any atom is 0.175 e. The number of halogens is 1. The molecule has 1 aromatic rings. The van der Waals surface area contributed by atoms with Crippen molar-refractivity contribution in [1.82, 2.24) is 0 Å². The number of carbonyl (C=O) groups is 2. The molecule has 0 saturated heterocycles. The average Bonchev–Trinajstić information content (AvgIpc) is 2.44. The van der Waals surface area contributed by atoms with Gasteiger partial charge < -0.3 is 5.11 Å². The minimum absolute atomic E-state index is 0.0460. The molecule has 0 aliphatic heterocycles. The zero-order valence-corrected chi connectivity index (χ0v) is 15.3. The highest BCUT2D eigenvalue weighted by atomic mass is 35.5. The summed E-state index contributed by atoms with van der Waals surface area (Å²) in [5, 5.41) is 10.5. The van der Waals surface area contributed by atoms with Gasteiger partial charge in [-0.2, -0.15) is 0 Å². The highest BCUT2D eigenvalue weighted by molar-refractivity contribution is 7.90. The number of aliphatic hydroxyl groups is 1. The van der Waals surface area contributed by atoms with E-state index in [1.165, 1.54) is 12.1 Å². The lowest BCUT2D eigenvalue weighted by molar-refractivity contribution is -0.125. The van der Waals surface area contributed by atoms with Crippen LogP contribution in [0.4, 0.5) is 0 Å². The predicted molar refractivity (Wildman–Crippen MR) is 91.9 cm³/mol. The Morgan fingerprint density at radius 1 is 1.25 bits per heavy atom. The van der Waals surface area contributed by atoms with Crippen molar-refractivity contribution in [3.8, 4) is 0 Å². The smallest absolute Gasteiger partial charge is 0.175 e. The SMILES string of the molecule is CCc1c(S(C)(=O)=O)ccc(C(O)=C2C(=O)CC(C)CC2=O)c1Cl. The van der Waals surface area contributed by atoms with Crippen molar-refractivity contribution in [3.05, 3.63) is 33.9 Å². The molecule has 0 unspecified atom stereocenters. The van der Waals surface area contributed by atoms with Crippen LogP contribution in [0.3, 0.4) is 0 Å². The van der Waals surface area contributed by atoms with E-state index in [1.807, 2.05) is 0 Å². The van der Waals surface area contributed by atoms with E-state index < -0.39 is 27.2 Å². The van der Waals surface area contributed by atoms with Crippen LogP contribution < -0.4 is 0 Å². The van der Waals surface area contributed by atoms with Crippen LogP contribution in [-0.4, -0.2) is 31.3 Å². The minimum Gasteiger partial charge on any atom is -0.506 e. The van der Waals surface area contributed by atoms with Gasteiger partial charge in [0.25, 0.3) is 0 Å². The van der Waals surface area contributed by atoms with Crippen LogP contribution in [0, 0.1) is 5.92 Å². The molecule has 1 saturated carbocycles. The van der Waals surface area contributed by atoms with Gasteiger partial charge in [0.15, 0.2) is 21.4 Å². The van der Waals surface area contributed by atoms with E-state index in [0.29, 0.717) is 12.0 Å². The summed E-state index contributed by atoms with van der Waals surface area (Å²) in [5.41, 5.74) is 0.212. The van der Waals surface area contributed by atoms with Gasteiger partial charge in [0.05, 0.1) is 9.92 Å². The largest absolute Gasteiger partial charge is 0.506 e. The van der Waals surface area contributed by atoms with Crippen molar-refractivity contribution in [3.63, 3.8) is 0 Å². The van der Waals surface area contributed by atoms with Gasteiger partial charge in [0, 0.05) is 24.7 Å². The normalized spacial score (nSPS) is 18.8. The van der Waals surface area contributed by atoms with Gasteiger partial charge in [-0.1, -0.05) is 25.4 Å². The number of sulfone groups is 1. The van der Waals surface area contributed by atoms with Crippen LogP contribution in [0.25, 0.3) is 5.76 Å². The Balaban J connectivity index is 2.67. The molecule has 1 fully saturated rings. The van der Waals surface area contributed by atoms with E-state index in [2.05, 4.69) is 0 Å². The third-order valence-corrected chi connectivity index (χ3v) is 5.68. The number of hydrogen-bond donors (Lipinski definition) is 1. The minimum atomic E-state index is -3.48. The van der Waals surface area contributed by atoms with Crippen molar-refractivity contribution in [2.75, 3.05) is 6.26 Å². The van der Waals surface area contributed by atoms with E-state index >= 15 is 0 Å². The van der Waals surface area contributed by atoms with Crippen LogP contribution in [0.2, 0.25) is 5.02 Å². The predicted octanol–water partition coefficient (Wildman–Crippen LogP) is 3.14. The lowest BCUT2D eigenvalue weighted by Crippen LogP contribution is -2.25. The van der Waals surface area contributed by atoms with Crippen LogP contribution >= 0.6 is 11.6 Å². The summed E-state index contributed by atoms with van der Waals surface area (Å²) in [7, 11) is -3.48. The molecule has 0 radical (unpaired) electrons. The number of allylic oxidation sites excluding steroid dienone is 1. The molecule has 1 aliphatic rings. The Hall–Kier alpha value is -1.66. The zero-order chi connectivity index (χ0) is 18.2. The fourth-order valence-electron chi connectivity index (χ4n) is 2.93. The van der Waals surface area contributed by atoms with Crippen LogP contribution in [0.1, 0.15) is 37.8 Å². The highest BCUT2D eigenvalue weighted by Crippen LogP contribution is 2.35. The monoisotopic (exact) mass is 370 g/mol. The first-order valence-electron chi connectivity index (χ1n) is 7.59. The zero-order valence-electron chi connectivity index (χ0n) is 13.7. The molecule has 0 bridgehead atoms. The maximum atomic E-state index is 12.1. The molecule has 7 heteroatoms. The van der Waals surface area contributed by atoms with Gasteiger partial charge in [-0.15, -0.1) is 0 Å². The first-order chi connectivity index (χ1) is 11.1. The molecule has 0 aromatic heterocycles. The fourth-order valence-corrected chi connectivity index (χ4v) is 4.38. The lowest BCUT2D eigenvalue weighted by Gasteiger charge is -2.20. The van der Waals surface area contributed by atoms with Crippen molar-refractivity contribution in [2.24, 2.45) is 5.92 Å². The second-order valence-electron chi connectivity index (χ2n) is 6.11. The summed E-state index contributed by atoms with van der Waals surface area (Å²) in [5.74, 6) is -1.37. The Morgan fingerprint density at radius 2 is 1.79 bits per heavy atom. The fraction of sp³-hybridized carbons (Fsp3) is 0.412. The van der Waals surface area contributed by atoms with E-state index in [0.717, 1.165) is 6.26 Å². The van der Waals surface area contributed by atoms with E-state index in [-0.39, 0.29) is 39.8 Å². The summed E-state index contributed by atoms with van der Waals surface area (Å²) < 4.78 is 23.7. The van der Waals surface area contributed by atoms with Gasteiger partial charge in [0.1, 0.15) is 11.3 Å². The Bertz CT molecular complexity index is 832. The average molecular weight is 371 g/mol. The van der Waals surface area contributed by atoms with Crippen LogP contribution in [-0.2, 0) is 25.8 Å². The molecule has 5 nitrogen and oxygen atoms in total. The quantitative estimate of drug-likeness (QED) is 0.501. The summed E-state index contributed by atoms with van der Waals surface area (Å²) in [4.78, 5) is 24.4. The summed E-state index contributed by atoms with van der Waals surface area (Å²) in [6.45, 7) is 3.54. The maximum absolute atomic E-state index is 12.1. The molecule has 1 N–H and O–H groups in total. The number of Topliss-reactive ketones (excluding diaryl/α,β-unsaturated/α-hetero) is 2. The Kier molecular flexibility index (Phi) is 5.20. The Labute approximate surface area is 146 Å². The number of carbonyl (C=O) groups excluding carboxylic acids is 2. The summed E-state index contributed by atoms with van der Waals surface area (Å²) in [6, 6.07) is 2.67. The number of ketones is 2. The van der Waals surface area contributed by atoms with Crippen LogP contribution in [0.15, 0.2) is 22.6 Å². The third-order valence-electron chi connectivity index (χ3n) is 4.07. The molecular weight excluding hydrogens is 352 g/mol. The number of aliphatic hydroxyl groups excluding tert-OH is 1. The first-order valence-corrected chi connectivity index (χ1v) is 9.86. The third kappa shape index (κ3) is 3.39. The second kappa shape index (κ2) is 6.69. The van der Waals surface area contributed by atoms with Gasteiger partial charge in [-0.3, -0.25) is 9.59 Å². The molecule has 0 heterocycles. The van der Waals surface area contributed by atoms with Crippen molar-refractivity contribution in [2.45, 2.75) is 38.0 Å². The highest BCUT2D eigenvalue weighted by Gasteiger charge is 2.32. The molecule has 24 heavy (non-hydrogen) atoms. The molecule has 130 valence electrons. The van der Waals surface area contributed by atoms with E-state index in [4.69, 9.17) is 11.6 Å². The van der Waals surface area contributed by atoms with Crippen molar-refractivity contribution in [1.29, 1.82) is 0 Å². The van der Waals surface area contributed by atoms with Gasteiger partial charge in [-0.25, -0.2) is 8.42 Å². The Morgan fingerprint density at radius 3 is 2.25 bits per heavy atom. The van der Waals surface area contributed by atoms with Gasteiger partial charge in [0.2, 0.25) is 0 Å². The van der Waals surface area contributed by atoms with Crippen molar-refractivity contribution >= 4 is 38.8 Å². The summed E-state index contributed by atoms with van der Waals surface area (Å²) >= 11 is 6.28. The van der Waals surface area contributed by atoms with Gasteiger partial charge >= 0.3 is 0 Å². The lowest BCUT2D eigenvalue weighted by atomic mass is 9.83. The topological polar surface area (TPSA) is 88.5 Å². The number of hydrogen-bond acceptors (Lipinski definition) is 5. The molecular formula is C17H19ClO5S. The van der Waals surface area contributed by atoms with Gasteiger partial charge in [-0.05, 0) is 30.0 Å².